The Morgan fingerprint density at radius 1 is 1.28 bits per heavy atom. The van der Waals surface area contributed by atoms with Gasteiger partial charge in [0.25, 0.3) is 0 Å². The molecule has 0 aliphatic rings. The molecule has 0 aliphatic carbocycles. The molecular weight excluding hydrogens is 233 g/mol. The highest BCUT2D eigenvalue weighted by atomic mass is 19.1. The van der Waals surface area contributed by atoms with Crippen LogP contribution in [0.1, 0.15) is 22.8 Å². The maximum absolute atomic E-state index is 13.1. The average Bonchev–Trinajstić information content (AvgIpc) is 2.37. The fourth-order valence-corrected chi connectivity index (χ4v) is 1.55. The van der Waals surface area contributed by atoms with Crippen molar-refractivity contribution in [3.8, 4) is 5.75 Å². The van der Waals surface area contributed by atoms with E-state index in [4.69, 9.17) is 4.74 Å². The smallest absolute Gasteiger partial charge is 0.163 e. The van der Waals surface area contributed by atoms with Crippen LogP contribution in [0.15, 0.2) is 42.7 Å². The van der Waals surface area contributed by atoms with Gasteiger partial charge >= 0.3 is 0 Å². The van der Waals surface area contributed by atoms with E-state index in [1.807, 2.05) is 0 Å². The third-order valence-electron chi connectivity index (χ3n) is 2.47. The number of carbonyl (C=O) groups is 1. The van der Waals surface area contributed by atoms with Crippen LogP contribution in [0.2, 0.25) is 0 Å². The molecule has 1 heterocycles. The number of carbonyl (C=O) groups excluding carboxylic acids is 1. The Bertz CT molecular complexity index is 555. The number of benzene rings is 1. The minimum atomic E-state index is -0.426. The Labute approximate surface area is 104 Å². The van der Waals surface area contributed by atoms with Crippen LogP contribution in [-0.2, 0) is 6.61 Å². The number of Topliss-reactive ketones (excluding diaryl/α,β-unsaturated/α-hetero) is 1. The molecule has 1 aromatic heterocycles. The topological polar surface area (TPSA) is 39.2 Å². The molecule has 2 rings (SSSR count). The minimum Gasteiger partial charge on any atom is -0.488 e. The van der Waals surface area contributed by atoms with E-state index in [-0.39, 0.29) is 18.1 Å². The van der Waals surface area contributed by atoms with Crippen molar-refractivity contribution in [2.24, 2.45) is 0 Å². The van der Waals surface area contributed by atoms with Crippen molar-refractivity contribution in [1.29, 1.82) is 0 Å². The number of pyridine rings is 1. The van der Waals surface area contributed by atoms with Crippen molar-refractivity contribution in [2.75, 3.05) is 0 Å². The molecule has 0 spiro atoms. The molecule has 0 saturated heterocycles. The molecule has 0 aliphatic heterocycles. The second-order valence-electron chi connectivity index (χ2n) is 3.84. The molecule has 92 valence electrons. The summed E-state index contributed by atoms with van der Waals surface area (Å²) >= 11 is 0. The number of rotatable bonds is 4. The number of hydrogen-bond acceptors (Lipinski definition) is 3. The van der Waals surface area contributed by atoms with E-state index in [0.717, 1.165) is 5.56 Å². The van der Waals surface area contributed by atoms with E-state index >= 15 is 0 Å². The van der Waals surface area contributed by atoms with Crippen LogP contribution in [0.5, 0.6) is 5.75 Å². The monoisotopic (exact) mass is 245 g/mol. The van der Waals surface area contributed by atoms with Gasteiger partial charge in [-0.3, -0.25) is 9.78 Å². The van der Waals surface area contributed by atoms with Crippen LogP contribution in [0, 0.1) is 5.82 Å². The molecule has 0 bridgehead atoms. The first-order chi connectivity index (χ1) is 8.66. The van der Waals surface area contributed by atoms with Crippen molar-refractivity contribution in [3.05, 3.63) is 59.7 Å². The van der Waals surface area contributed by atoms with E-state index in [1.54, 1.807) is 24.5 Å². The number of ether oxygens (including phenoxy) is 1. The molecule has 0 N–H and O–H groups in total. The summed E-state index contributed by atoms with van der Waals surface area (Å²) in [6, 6.07) is 7.49. The van der Waals surface area contributed by atoms with E-state index in [2.05, 4.69) is 4.98 Å². The van der Waals surface area contributed by atoms with Gasteiger partial charge in [-0.15, -0.1) is 0 Å². The maximum Gasteiger partial charge on any atom is 0.163 e. The zero-order valence-corrected chi connectivity index (χ0v) is 9.89. The Hall–Kier alpha value is -2.23. The average molecular weight is 245 g/mol. The molecular formula is C14H12FNO2. The second kappa shape index (κ2) is 5.40. The summed E-state index contributed by atoms with van der Waals surface area (Å²) < 4.78 is 18.6. The molecule has 1 aromatic carbocycles. The molecule has 0 unspecified atom stereocenters. The van der Waals surface area contributed by atoms with Crippen molar-refractivity contribution >= 4 is 5.78 Å². The number of nitrogens with zero attached hydrogens (tertiary/aromatic N) is 1. The van der Waals surface area contributed by atoms with Crippen LogP contribution in [0.25, 0.3) is 0 Å². The number of aromatic nitrogens is 1. The lowest BCUT2D eigenvalue weighted by molar-refractivity contribution is 0.101. The maximum atomic E-state index is 13.1. The normalized spacial score (nSPS) is 10.1. The van der Waals surface area contributed by atoms with Gasteiger partial charge in [0, 0.05) is 18.5 Å². The lowest BCUT2D eigenvalue weighted by Gasteiger charge is -2.09. The Kier molecular flexibility index (Phi) is 3.67. The first-order valence-corrected chi connectivity index (χ1v) is 5.49. The predicted octanol–water partition coefficient (Wildman–Crippen LogP) is 3.00. The van der Waals surface area contributed by atoms with Crippen molar-refractivity contribution in [3.63, 3.8) is 0 Å². The highest BCUT2D eigenvalue weighted by molar-refractivity contribution is 5.96. The van der Waals surface area contributed by atoms with E-state index in [0.29, 0.717) is 5.56 Å². The predicted molar refractivity (Wildman–Crippen MR) is 65.0 cm³/mol. The van der Waals surface area contributed by atoms with Crippen molar-refractivity contribution < 1.29 is 13.9 Å². The minimum absolute atomic E-state index is 0.153. The SMILES string of the molecule is CC(=O)c1ccc(F)cc1OCc1ccncc1. The van der Waals surface area contributed by atoms with Gasteiger partial charge in [-0.25, -0.2) is 4.39 Å². The number of halogens is 1. The summed E-state index contributed by atoms with van der Waals surface area (Å²) in [6.07, 6.45) is 3.30. The molecule has 4 heteroatoms. The molecule has 18 heavy (non-hydrogen) atoms. The fourth-order valence-electron chi connectivity index (χ4n) is 1.55. The van der Waals surface area contributed by atoms with Gasteiger partial charge in [-0.1, -0.05) is 0 Å². The van der Waals surface area contributed by atoms with Gasteiger partial charge in [0.15, 0.2) is 5.78 Å². The summed E-state index contributed by atoms with van der Waals surface area (Å²) in [7, 11) is 0. The fraction of sp³-hybridized carbons (Fsp3) is 0.143. The van der Waals surface area contributed by atoms with Gasteiger partial charge in [-0.2, -0.15) is 0 Å². The Morgan fingerprint density at radius 2 is 2.00 bits per heavy atom. The highest BCUT2D eigenvalue weighted by Crippen LogP contribution is 2.21. The highest BCUT2D eigenvalue weighted by Gasteiger charge is 2.09. The molecule has 0 fully saturated rings. The zero-order valence-electron chi connectivity index (χ0n) is 9.89. The van der Waals surface area contributed by atoms with Crippen LogP contribution in [0.4, 0.5) is 4.39 Å². The summed E-state index contributed by atoms with van der Waals surface area (Å²) in [5, 5.41) is 0. The summed E-state index contributed by atoms with van der Waals surface area (Å²) in [6.45, 7) is 1.69. The van der Waals surface area contributed by atoms with Gasteiger partial charge in [0.2, 0.25) is 0 Å². The van der Waals surface area contributed by atoms with Crippen LogP contribution < -0.4 is 4.74 Å². The molecule has 3 nitrogen and oxygen atoms in total. The quantitative estimate of drug-likeness (QED) is 0.777. The third kappa shape index (κ3) is 2.91. The molecule has 0 amide bonds. The summed E-state index contributed by atoms with van der Waals surface area (Å²) in [5.41, 5.74) is 1.29. The third-order valence-corrected chi connectivity index (χ3v) is 2.47. The molecule has 0 radical (unpaired) electrons. The lowest BCUT2D eigenvalue weighted by Crippen LogP contribution is -2.02. The van der Waals surface area contributed by atoms with Gasteiger partial charge in [0.1, 0.15) is 18.2 Å². The number of hydrogen-bond donors (Lipinski definition) is 0. The first kappa shape index (κ1) is 12.2. The molecule has 0 saturated carbocycles. The van der Waals surface area contributed by atoms with E-state index in [9.17, 15) is 9.18 Å². The first-order valence-electron chi connectivity index (χ1n) is 5.49. The Morgan fingerprint density at radius 3 is 2.67 bits per heavy atom. The lowest BCUT2D eigenvalue weighted by atomic mass is 10.1. The second-order valence-corrected chi connectivity index (χ2v) is 3.84. The van der Waals surface area contributed by atoms with Crippen molar-refractivity contribution in [2.45, 2.75) is 13.5 Å². The van der Waals surface area contributed by atoms with E-state index in [1.165, 1.54) is 25.1 Å². The number of ketones is 1. The Balaban J connectivity index is 2.18. The van der Waals surface area contributed by atoms with Gasteiger partial charge < -0.3 is 4.74 Å². The molecule has 0 atom stereocenters. The van der Waals surface area contributed by atoms with Crippen LogP contribution in [-0.4, -0.2) is 10.8 Å². The summed E-state index contributed by atoms with van der Waals surface area (Å²) in [5.74, 6) is -0.316. The van der Waals surface area contributed by atoms with E-state index < -0.39 is 5.82 Å². The standard InChI is InChI=1S/C14H12FNO2/c1-10(17)13-3-2-12(15)8-14(13)18-9-11-4-6-16-7-5-11/h2-8H,9H2,1H3. The van der Waals surface area contributed by atoms with Gasteiger partial charge in [0.05, 0.1) is 5.56 Å². The zero-order chi connectivity index (χ0) is 13.0. The van der Waals surface area contributed by atoms with Crippen LogP contribution in [0.3, 0.4) is 0 Å². The van der Waals surface area contributed by atoms with Crippen LogP contribution >= 0.6 is 0 Å². The largest absolute Gasteiger partial charge is 0.488 e. The van der Waals surface area contributed by atoms with Crippen molar-refractivity contribution in [1.82, 2.24) is 4.98 Å². The summed E-state index contributed by atoms with van der Waals surface area (Å²) in [4.78, 5) is 15.3. The molecule has 2 aromatic rings. The van der Waals surface area contributed by atoms with Gasteiger partial charge in [-0.05, 0) is 36.8 Å².